The SMILES string of the molecule is COc1ccc2c(CN)[nH]nc2n1. The maximum Gasteiger partial charge on any atom is 0.215 e. The average molecular weight is 178 g/mol. The first-order valence-corrected chi connectivity index (χ1v) is 3.93. The van der Waals surface area contributed by atoms with Crippen LogP contribution in [0.5, 0.6) is 5.88 Å². The van der Waals surface area contributed by atoms with Crippen LogP contribution in [0.15, 0.2) is 12.1 Å². The van der Waals surface area contributed by atoms with E-state index in [1.54, 1.807) is 13.2 Å². The van der Waals surface area contributed by atoms with Gasteiger partial charge in [-0.2, -0.15) is 10.1 Å². The zero-order valence-electron chi connectivity index (χ0n) is 7.24. The van der Waals surface area contributed by atoms with Crippen molar-refractivity contribution in [2.75, 3.05) is 7.11 Å². The highest BCUT2D eigenvalue weighted by atomic mass is 16.5. The molecule has 0 aliphatic carbocycles. The van der Waals surface area contributed by atoms with Gasteiger partial charge in [0.05, 0.1) is 12.8 Å². The minimum atomic E-state index is 0.435. The molecular formula is C8H10N4O. The molecule has 0 unspecified atom stereocenters. The molecule has 2 aromatic heterocycles. The number of rotatable bonds is 2. The van der Waals surface area contributed by atoms with Crippen molar-refractivity contribution in [3.05, 3.63) is 17.8 Å². The molecular weight excluding hydrogens is 168 g/mol. The summed E-state index contributed by atoms with van der Waals surface area (Å²) in [4.78, 5) is 4.14. The Hall–Kier alpha value is -1.62. The third kappa shape index (κ3) is 1.23. The highest BCUT2D eigenvalue weighted by molar-refractivity contribution is 5.78. The Morgan fingerprint density at radius 2 is 2.38 bits per heavy atom. The lowest BCUT2D eigenvalue weighted by molar-refractivity contribution is 0.399. The van der Waals surface area contributed by atoms with E-state index in [0.29, 0.717) is 18.1 Å². The van der Waals surface area contributed by atoms with Gasteiger partial charge in [-0.25, -0.2) is 0 Å². The quantitative estimate of drug-likeness (QED) is 0.698. The van der Waals surface area contributed by atoms with E-state index >= 15 is 0 Å². The van der Waals surface area contributed by atoms with Crippen molar-refractivity contribution in [3.63, 3.8) is 0 Å². The summed E-state index contributed by atoms with van der Waals surface area (Å²) >= 11 is 0. The number of hydrogen-bond acceptors (Lipinski definition) is 4. The molecule has 0 saturated heterocycles. The Kier molecular flexibility index (Phi) is 1.86. The summed E-state index contributed by atoms with van der Waals surface area (Å²) in [5.41, 5.74) is 7.03. The number of H-pyrrole nitrogens is 1. The van der Waals surface area contributed by atoms with Crippen LogP contribution < -0.4 is 10.5 Å². The number of aromatic nitrogens is 3. The number of hydrogen-bond donors (Lipinski definition) is 2. The first-order valence-electron chi connectivity index (χ1n) is 3.93. The lowest BCUT2D eigenvalue weighted by Crippen LogP contribution is -1.96. The molecule has 0 aliphatic heterocycles. The maximum atomic E-state index is 5.50. The normalized spacial score (nSPS) is 10.6. The largest absolute Gasteiger partial charge is 0.481 e. The molecule has 5 heteroatoms. The molecule has 0 saturated carbocycles. The van der Waals surface area contributed by atoms with E-state index in [1.165, 1.54) is 0 Å². The number of pyridine rings is 1. The van der Waals surface area contributed by atoms with Gasteiger partial charge < -0.3 is 10.5 Å². The van der Waals surface area contributed by atoms with Gasteiger partial charge in [-0.15, -0.1) is 0 Å². The number of aromatic amines is 1. The second-order valence-electron chi connectivity index (χ2n) is 2.63. The Bertz CT molecular complexity index is 423. The van der Waals surface area contributed by atoms with Gasteiger partial charge in [0.25, 0.3) is 0 Å². The van der Waals surface area contributed by atoms with Crippen LogP contribution in [0.25, 0.3) is 11.0 Å². The van der Waals surface area contributed by atoms with Gasteiger partial charge in [0.1, 0.15) is 0 Å². The van der Waals surface area contributed by atoms with E-state index in [4.69, 9.17) is 10.5 Å². The molecule has 0 atom stereocenters. The van der Waals surface area contributed by atoms with E-state index in [9.17, 15) is 0 Å². The monoisotopic (exact) mass is 178 g/mol. The van der Waals surface area contributed by atoms with Gasteiger partial charge in [0.15, 0.2) is 5.65 Å². The van der Waals surface area contributed by atoms with Crippen molar-refractivity contribution in [2.45, 2.75) is 6.54 Å². The van der Waals surface area contributed by atoms with Crippen LogP contribution in [0.1, 0.15) is 5.69 Å². The van der Waals surface area contributed by atoms with Crippen molar-refractivity contribution in [1.82, 2.24) is 15.2 Å². The standard InChI is InChI=1S/C8H10N4O/c1-13-7-3-2-5-6(4-9)11-12-8(5)10-7/h2-3H,4,9H2,1H3,(H,10,11,12). The fourth-order valence-corrected chi connectivity index (χ4v) is 1.20. The summed E-state index contributed by atoms with van der Waals surface area (Å²) in [5.74, 6) is 0.558. The summed E-state index contributed by atoms with van der Waals surface area (Å²) in [6.07, 6.45) is 0. The molecule has 0 radical (unpaired) electrons. The summed E-state index contributed by atoms with van der Waals surface area (Å²) in [7, 11) is 1.57. The topological polar surface area (TPSA) is 76.8 Å². The van der Waals surface area contributed by atoms with Crippen molar-refractivity contribution < 1.29 is 4.74 Å². The number of nitrogens with zero attached hydrogens (tertiary/aromatic N) is 2. The third-order valence-electron chi connectivity index (χ3n) is 1.88. The second-order valence-corrected chi connectivity index (χ2v) is 2.63. The van der Waals surface area contributed by atoms with Gasteiger partial charge in [-0.3, -0.25) is 5.10 Å². The zero-order valence-corrected chi connectivity index (χ0v) is 7.24. The zero-order chi connectivity index (χ0) is 9.26. The van der Waals surface area contributed by atoms with Crippen molar-refractivity contribution in [2.24, 2.45) is 5.73 Å². The van der Waals surface area contributed by atoms with Gasteiger partial charge in [-0.05, 0) is 6.07 Å². The summed E-state index contributed by atoms with van der Waals surface area (Å²) < 4.78 is 4.97. The molecule has 0 bridgehead atoms. The van der Waals surface area contributed by atoms with E-state index in [-0.39, 0.29) is 0 Å². The van der Waals surface area contributed by atoms with Gasteiger partial charge >= 0.3 is 0 Å². The fraction of sp³-hybridized carbons (Fsp3) is 0.250. The van der Waals surface area contributed by atoms with Crippen LogP contribution in [0.3, 0.4) is 0 Å². The van der Waals surface area contributed by atoms with Gasteiger partial charge in [0, 0.05) is 18.0 Å². The molecule has 68 valence electrons. The number of ether oxygens (including phenoxy) is 1. The highest BCUT2D eigenvalue weighted by Crippen LogP contribution is 2.16. The summed E-state index contributed by atoms with van der Waals surface area (Å²) in [6.45, 7) is 0.435. The first kappa shape index (κ1) is 8.00. The van der Waals surface area contributed by atoms with Crippen LogP contribution >= 0.6 is 0 Å². The first-order chi connectivity index (χ1) is 6.35. The lowest BCUT2D eigenvalue weighted by Gasteiger charge is -1.96. The number of methoxy groups -OCH3 is 1. The minimum absolute atomic E-state index is 0.435. The van der Waals surface area contributed by atoms with E-state index in [0.717, 1.165) is 11.1 Å². The maximum absolute atomic E-state index is 5.50. The Morgan fingerprint density at radius 3 is 3.08 bits per heavy atom. The number of nitrogens with one attached hydrogen (secondary N) is 1. The molecule has 0 amide bonds. The molecule has 0 aromatic carbocycles. The molecule has 0 fully saturated rings. The predicted octanol–water partition coefficient (Wildman–Crippen LogP) is 0.425. The van der Waals surface area contributed by atoms with Crippen LogP contribution in [0.2, 0.25) is 0 Å². The average Bonchev–Trinajstić information content (AvgIpc) is 2.59. The molecule has 2 aromatic rings. The van der Waals surface area contributed by atoms with Gasteiger partial charge in [0.2, 0.25) is 5.88 Å². The summed E-state index contributed by atoms with van der Waals surface area (Å²) in [5, 5.41) is 7.77. The summed E-state index contributed by atoms with van der Waals surface area (Å²) in [6, 6.07) is 3.68. The van der Waals surface area contributed by atoms with Crippen LogP contribution in [0, 0.1) is 0 Å². The Labute approximate surface area is 74.9 Å². The minimum Gasteiger partial charge on any atom is -0.481 e. The van der Waals surface area contributed by atoms with Gasteiger partial charge in [-0.1, -0.05) is 0 Å². The molecule has 0 aliphatic rings. The Balaban J connectivity index is 2.61. The molecule has 13 heavy (non-hydrogen) atoms. The van der Waals surface area contributed by atoms with E-state index in [2.05, 4.69) is 15.2 Å². The lowest BCUT2D eigenvalue weighted by atomic mass is 10.2. The van der Waals surface area contributed by atoms with E-state index in [1.807, 2.05) is 6.07 Å². The van der Waals surface area contributed by atoms with E-state index < -0.39 is 0 Å². The molecule has 0 spiro atoms. The Morgan fingerprint density at radius 1 is 1.54 bits per heavy atom. The number of nitrogens with two attached hydrogens (primary N) is 1. The smallest absolute Gasteiger partial charge is 0.215 e. The molecule has 3 N–H and O–H groups in total. The highest BCUT2D eigenvalue weighted by Gasteiger charge is 2.05. The number of fused-ring (bicyclic) bond motifs is 1. The van der Waals surface area contributed by atoms with Crippen LogP contribution in [-0.2, 0) is 6.54 Å². The fourth-order valence-electron chi connectivity index (χ4n) is 1.20. The molecule has 2 rings (SSSR count). The van der Waals surface area contributed by atoms with Crippen LogP contribution in [-0.4, -0.2) is 22.3 Å². The van der Waals surface area contributed by atoms with Crippen LogP contribution in [0.4, 0.5) is 0 Å². The third-order valence-corrected chi connectivity index (χ3v) is 1.88. The molecule has 2 heterocycles. The molecule has 5 nitrogen and oxygen atoms in total. The second kappa shape index (κ2) is 3.02. The van der Waals surface area contributed by atoms with Crippen molar-refractivity contribution in [3.8, 4) is 5.88 Å². The van der Waals surface area contributed by atoms with Crippen molar-refractivity contribution >= 4 is 11.0 Å². The predicted molar refractivity (Wildman–Crippen MR) is 48.3 cm³/mol. The van der Waals surface area contributed by atoms with Crippen molar-refractivity contribution in [1.29, 1.82) is 0 Å².